The number of amides is 1. The van der Waals surface area contributed by atoms with Crippen molar-refractivity contribution in [2.75, 3.05) is 36.4 Å². The normalized spacial score (nSPS) is 20.7. The van der Waals surface area contributed by atoms with Gasteiger partial charge >= 0.3 is 5.97 Å². The number of benzene rings is 1. The molecule has 2 heterocycles. The maximum absolute atomic E-state index is 12.1. The molecule has 1 aromatic carbocycles. The molecule has 2 N–H and O–H groups in total. The molecule has 3 aliphatic rings. The van der Waals surface area contributed by atoms with Gasteiger partial charge in [0.1, 0.15) is 5.82 Å². The fourth-order valence-electron chi connectivity index (χ4n) is 4.98. The summed E-state index contributed by atoms with van der Waals surface area (Å²) in [5.41, 5.74) is 1.51. The zero-order chi connectivity index (χ0) is 21.4. The van der Waals surface area contributed by atoms with Gasteiger partial charge < -0.3 is 15.3 Å². The minimum Gasteiger partial charge on any atom is -0.478 e. The molecule has 2 aliphatic carbocycles. The number of carbonyl (C=O) groups excluding carboxylic acids is 1. The zero-order valence-corrected chi connectivity index (χ0v) is 17.8. The predicted octanol–water partition coefficient (Wildman–Crippen LogP) is 3.74. The zero-order valence-electron chi connectivity index (χ0n) is 17.8. The van der Waals surface area contributed by atoms with E-state index in [0.29, 0.717) is 22.6 Å². The van der Waals surface area contributed by atoms with Crippen LogP contribution in [0.3, 0.4) is 0 Å². The number of nitrogens with one attached hydrogen (secondary N) is 1. The third-order valence-electron chi connectivity index (χ3n) is 6.97. The molecule has 7 nitrogen and oxygen atoms in total. The number of aromatic carboxylic acids is 1. The number of carboxylic acids is 1. The van der Waals surface area contributed by atoms with E-state index in [2.05, 4.69) is 15.1 Å². The van der Waals surface area contributed by atoms with Crippen LogP contribution in [0.15, 0.2) is 24.3 Å². The lowest BCUT2D eigenvalue weighted by Gasteiger charge is -2.41. The third kappa shape index (κ3) is 4.37. The molecule has 0 radical (unpaired) electrons. The quantitative estimate of drug-likeness (QED) is 0.764. The second kappa shape index (κ2) is 8.46. The van der Waals surface area contributed by atoms with E-state index in [-0.39, 0.29) is 17.4 Å². The van der Waals surface area contributed by atoms with E-state index < -0.39 is 5.97 Å². The van der Waals surface area contributed by atoms with Crippen LogP contribution in [0.25, 0.3) is 10.9 Å². The van der Waals surface area contributed by atoms with Crippen molar-refractivity contribution >= 4 is 34.3 Å². The van der Waals surface area contributed by atoms with Crippen molar-refractivity contribution in [1.29, 1.82) is 0 Å². The average Bonchev–Trinajstić information content (AvgIpc) is 3.65. The van der Waals surface area contributed by atoms with Gasteiger partial charge in [0.2, 0.25) is 5.91 Å². The van der Waals surface area contributed by atoms with Gasteiger partial charge in [-0.3, -0.25) is 9.69 Å². The van der Waals surface area contributed by atoms with Gasteiger partial charge in [-0.15, -0.1) is 0 Å². The first kappa shape index (κ1) is 20.2. The molecule has 1 aromatic heterocycles. The van der Waals surface area contributed by atoms with E-state index in [1.165, 1.54) is 32.1 Å². The Morgan fingerprint density at radius 2 is 1.71 bits per heavy atom. The molecule has 2 saturated carbocycles. The number of aromatic nitrogens is 1. The summed E-state index contributed by atoms with van der Waals surface area (Å²) in [6.07, 6.45) is 8.50. The number of fused-ring (bicyclic) bond motifs is 1. The third-order valence-corrected chi connectivity index (χ3v) is 6.97. The number of piperazine rings is 1. The predicted molar refractivity (Wildman–Crippen MR) is 121 cm³/mol. The first-order valence-corrected chi connectivity index (χ1v) is 11.6. The molecule has 31 heavy (non-hydrogen) atoms. The highest BCUT2D eigenvalue weighted by Crippen LogP contribution is 2.32. The summed E-state index contributed by atoms with van der Waals surface area (Å²) < 4.78 is 0. The molecule has 0 bridgehead atoms. The second-order valence-corrected chi connectivity index (χ2v) is 9.14. The minimum absolute atomic E-state index is 0.0108. The maximum atomic E-state index is 12.1. The van der Waals surface area contributed by atoms with E-state index in [9.17, 15) is 14.7 Å². The number of nitrogens with zero attached hydrogens (tertiary/aromatic N) is 3. The van der Waals surface area contributed by atoms with Gasteiger partial charge in [0.25, 0.3) is 0 Å². The van der Waals surface area contributed by atoms with Gasteiger partial charge in [-0.1, -0.05) is 19.3 Å². The highest BCUT2D eigenvalue weighted by atomic mass is 16.4. The molecule has 0 spiro atoms. The van der Waals surface area contributed by atoms with Gasteiger partial charge in [0.05, 0.1) is 11.1 Å². The number of hydrogen-bond donors (Lipinski definition) is 2. The summed E-state index contributed by atoms with van der Waals surface area (Å²) in [4.78, 5) is 33.7. The molecule has 1 amide bonds. The monoisotopic (exact) mass is 422 g/mol. The van der Waals surface area contributed by atoms with Crippen molar-refractivity contribution in [2.24, 2.45) is 5.92 Å². The summed E-state index contributed by atoms with van der Waals surface area (Å²) in [6, 6.07) is 7.75. The van der Waals surface area contributed by atoms with E-state index in [1.54, 1.807) is 12.1 Å². The Labute approximate surface area is 182 Å². The molecule has 164 valence electrons. The Morgan fingerprint density at radius 3 is 2.39 bits per heavy atom. The minimum atomic E-state index is -0.972. The van der Waals surface area contributed by atoms with Crippen LogP contribution >= 0.6 is 0 Å². The summed E-state index contributed by atoms with van der Waals surface area (Å²) in [5.74, 6) is -0.137. The van der Waals surface area contributed by atoms with Crippen LogP contribution in [0.2, 0.25) is 0 Å². The Kier molecular flexibility index (Phi) is 5.52. The summed E-state index contributed by atoms with van der Waals surface area (Å²) in [5, 5.41) is 13.3. The van der Waals surface area contributed by atoms with E-state index in [0.717, 1.165) is 44.8 Å². The van der Waals surface area contributed by atoms with Crippen LogP contribution < -0.4 is 10.2 Å². The van der Waals surface area contributed by atoms with Crippen molar-refractivity contribution in [3.63, 3.8) is 0 Å². The van der Waals surface area contributed by atoms with Gasteiger partial charge in [0, 0.05) is 49.2 Å². The standard InChI is InChI=1S/C24H30N4O3/c29-23(16-6-7-16)25-17-8-9-21-19(14-17)20(24(30)31)15-22(26-21)28-12-10-27(11-13-28)18-4-2-1-3-5-18/h8-9,14-16,18H,1-7,10-13H2,(H,25,29)(H,30,31). The number of carbonyl (C=O) groups is 2. The SMILES string of the molecule is O=C(O)c1cc(N2CCN(C3CCCCC3)CC2)nc2ccc(NC(=O)C3CC3)cc12. The average molecular weight is 423 g/mol. The van der Waals surface area contributed by atoms with Crippen molar-refractivity contribution in [1.82, 2.24) is 9.88 Å². The van der Waals surface area contributed by atoms with E-state index in [1.807, 2.05) is 12.1 Å². The van der Waals surface area contributed by atoms with Crippen molar-refractivity contribution < 1.29 is 14.7 Å². The number of pyridine rings is 1. The maximum Gasteiger partial charge on any atom is 0.336 e. The Balaban J connectivity index is 1.35. The topological polar surface area (TPSA) is 85.8 Å². The van der Waals surface area contributed by atoms with Crippen LogP contribution in [-0.4, -0.2) is 59.1 Å². The van der Waals surface area contributed by atoms with Gasteiger partial charge in [-0.25, -0.2) is 9.78 Å². The molecule has 3 fully saturated rings. The molecule has 7 heteroatoms. The summed E-state index contributed by atoms with van der Waals surface area (Å²) in [6.45, 7) is 3.73. The largest absolute Gasteiger partial charge is 0.478 e. The first-order chi connectivity index (χ1) is 15.1. The fraction of sp³-hybridized carbons (Fsp3) is 0.542. The van der Waals surface area contributed by atoms with Gasteiger partial charge in [0.15, 0.2) is 0 Å². The fourth-order valence-corrected chi connectivity index (χ4v) is 4.98. The highest BCUT2D eigenvalue weighted by Gasteiger charge is 2.30. The molecule has 1 saturated heterocycles. The number of anilines is 2. The highest BCUT2D eigenvalue weighted by molar-refractivity contribution is 6.05. The second-order valence-electron chi connectivity index (χ2n) is 9.14. The Hall–Kier alpha value is -2.67. The van der Waals surface area contributed by atoms with Crippen LogP contribution in [0.1, 0.15) is 55.3 Å². The van der Waals surface area contributed by atoms with Crippen molar-refractivity contribution in [3.05, 3.63) is 29.8 Å². The Bertz CT molecular complexity index is 990. The van der Waals surface area contributed by atoms with Crippen LogP contribution in [0, 0.1) is 5.92 Å². The summed E-state index contributed by atoms with van der Waals surface area (Å²) >= 11 is 0. The molecule has 2 aromatic rings. The number of carboxylic acid groups (broad SMARTS) is 1. The molecule has 0 atom stereocenters. The smallest absolute Gasteiger partial charge is 0.336 e. The lowest BCUT2D eigenvalue weighted by molar-refractivity contribution is -0.117. The molecule has 5 rings (SSSR count). The van der Waals surface area contributed by atoms with E-state index >= 15 is 0 Å². The van der Waals surface area contributed by atoms with Gasteiger partial charge in [-0.05, 0) is 49.9 Å². The van der Waals surface area contributed by atoms with Crippen LogP contribution in [0.4, 0.5) is 11.5 Å². The first-order valence-electron chi connectivity index (χ1n) is 11.6. The van der Waals surface area contributed by atoms with Crippen molar-refractivity contribution in [2.45, 2.75) is 51.0 Å². The molecule has 0 unspecified atom stereocenters. The number of rotatable bonds is 5. The van der Waals surface area contributed by atoms with Gasteiger partial charge in [-0.2, -0.15) is 0 Å². The van der Waals surface area contributed by atoms with E-state index in [4.69, 9.17) is 4.98 Å². The Morgan fingerprint density at radius 1 is 0.968 bits per heavy atom. The lowest BCUT2D eigenvalue weighted by Crippen LogP contribution is -2.51. The lowest BCUT2D eigenvalue weighted by atomic mass is 9.94. The van der Waals surface area contributed by atoms with Crippen LogP contribution in [0.5, 0.6) is 0 Å². The molecule has 1 aliphatic heterocycles. The van der Waals surface area contributed by atoms with Crippen molar-refractivity contribution in [3.8, 4) is 0 Å². The van der Waals surface area contributed by atoms with Crippen LogP contribution in [-0.2, 0) is 4.79 Å². The molecular formula is C24H30N4O3. The molecular weight excluding hydrogens is 392 g/mol. The summed E-state index contributed by atoms with van der Waals surface area (Å²) in [7, 11) is 0. The number of hydrogen-bond acceptors (Lipinski definition) is 5.